The highest BCUT2D eigenvalue weighted by Crippen LogP contribution is 2.29. The number of carbonyl (C=O) groups excluding carboxylic acids is 1. The van der Waals surface area contributed by atoms with E-state index >= 15 is 0 Å². The Kier molecular flexibility index (Phi) is 3.64. The lowest BCUT2D eigenvalue weighted by Gasteiger charge is -2.07. The number of hydrogen-bond donors (Lipinski definition) is 0. The highest BCUT2D eigenvalue weighted by molar-refractivity contribution is 5.97. The molecule has 1 aromatic heterocycles. The van der Waals surface area contributed by atoms with Crippen LogP contribution in [0.4, 0.5) is 13.2 Å². The number of ketones is 1. The first-order valence-electron chi connectivity index (χ1n) is 5.56. The number of rotatable bonds is 3. The van der Waals surface area contributed by atoms with Crippen LogP contribution in [0.5, 0.6) is 0 Å². The summed E-state index contributed by atoms with van der Waals surface area (Å²) < 4.78 is 37.1. The Labute approximate surface area is 107 Å². The first-order chi connectivity index (χ1) is 8.97. The lowest BCUT2D eigenvalue weighted by Crippen LogP contribution is -2.06. The number of aromatic nitrogens is 1. The van der Waals surface area contributed by atoms with Crippen LogP contribution in [-0.4, -0.2) is 10.8 Å². The average molecular weight is 265 g/mol. The van der Waals surface area contributed by atoms with Crippen LogP contribution in [0.1, 0.15) is 21.5 Å². The van der Waals surface area contributed by atoms with Gasteiger partial charge in [0.1, 0.15) is 0 Å². The van der Waals surface area contributed by atoms with Crippen LogP contribution in [-0.2, 0) is 12.6 Å². The first-order valence-corrected chi connectivity index (χ1v) is 5.56. The number of alkyl halides is 3. The van der Waals surface area contributed by atoms with Crippen molar-refractivity contribution in [2.45, 2.75) is 12.6 Å². The van der Waals surface area contributed by atoms with Gasteiger partial charge in [-0.1, -0.05) is 12.1 Å². The van der Waals surface area contributed by atoms with Gasteiger partial charge in [0.05, 0.1) is 5.56 Å². The van der Waals surface area contributed by atoms with Gasteiger partial charge in [-0.15, -0.1) is 0 Å². The summed E-state index contributed by atoms with van der Waals surface area (Å²) in [4.78, 5) is 15.7. The van der Waals surface area contributed by atoms with E-state index in [2.05, 4.69) is 4.98 Å². The molecule has 0 N–H and O–H groups in total. The largest absolute Gasteiger partial charge is 0.416 e. The summed E-state index contributed by atoms with van der Waals surface area (Å²) >= 11 is 0. The minimum absolute atomic E-state index is 0.0594. The van der Waals surface area contributed by atoms with E-state index in [9.17, 15) is 18.0 Å². The van der Waals surface area contributed by atoms with Crippen molar-refractivity contribution in [3.63, 3.8) is 0 Å². The van der Waals surface area contributed by atoms with Crippen LogP contribution in [0.25, 0.3) is 0 Å². The Bertz CT molecular complexity index is 561. The molecule has 2 aromatic rings. The maximum atomic E-state index is 12.4. The smallest absolute Gasteiger partial charge is 0.294 e. The quantitative estimate of drug-likeness (QED) is 0.795. The average Bonchev–Trinajstić information content (AvgIpc) is 2.39. The van der Waals surface area contributed by atoms with Crippen molar-refractivity contribution in [3.05, 3.63) is 65.5 Å². The Hall–Kier alpha value is -2.17. The van der Waals surface area contributed by atoms with Gasteiger partial charge < -0.3 is 0 Å². The lowest BCUT2D eigenvalue weighted by molar-refractivity contribution is -0.137. The molecule has 0 radical (unpaired) electrons. The number of Topliss-reactive ketones (excluding diaryl/α,β-unsaturated/α-hetero) is 1. The molecule has 0 saturated carbocycles. The molecule has 5 heteroatoms. The first kappa shape index (κ1) is 13.3. The Balaban J connectivity index is 2.10. The molecule has 0 aliphatic carbocycles. The third-order valence-corrected chi connectivity index (χ3v) is 2.63. The van der Waals surface area contributed by atoms with Gasteiger partial charge in [0.15, 0.2) is 5.78 Å². The maximum absolute atomic E-state index is 12.4. The SMILES string of the molecule is O=C(Cc1ccc(C(F)(F)F)cc1)c1cccnc1. The van der Waals surface area contributed by atoms with E-state index in [1.807, 2.05) is 0 Å². The van der Waals surface area contributed by atoms with Gasteiger partial charge in [0.2, 0.25) is 0 Å². The van der Waals surface area contributed by atoms with Crippen LogP contribution in [0.3, 0.4) is 0 Å². The predicted molar refractivity (Wildman–Crippen MR) is 63.7 cm³/mol. The highest BCUT2D eigenvalue weighted by atomic mass is 19.4. The predicted octanol–water partition coefficient (Wildman–Crippen LogP) is 3.53. The van der Waals surface area contributed by atoms with Crippen molar-refractivity contribution in [1.29, 1.82) is 0 Å². The zero-order valence-corrected chi connectivity index (χ0v) is 9.82. The van der Waals surface area contributed by atoms with Gasteiger partial charge in [0.25, 0.3) is 0 Å². The second-order valence-corrected chi connectivity index (χ2v) is 4.04. The van der Waals surface area contributed by atoms with Gasteiger partial charge in [-0.3, -0.25) is 9.78 Å². The molecule has 0 amide bonds. The minimum atomic E-state index is -4.36. The van der Waals surface area contributed by atoms with E-state index in [4.69, 9.17) is 0 Å². The number of nitrogens with zero attached hydrogens (tertiary/aromatic N) is 1. The van der Waals surface area contributed by atoms with E-state index < -0.39 is 11.7 Å². The molecular formula is C14H10F3NO. The number of carbonyl (C=O) groups is 1. The minimum Gasteiger partial charge on any atom is -0.294 e. The summed E-state index contributed by atoms with van der Waals surface area (Å²) in [6.45, 7) is 0. The molecule has 2 nitrogen and oxygen atoms in total. The fraction of sp³-hybridized carbons (Fsp3) is 0.143. The Morgan fingerprint density at radius 1 is 1.11 bits per heavy atom. The van der Waals surface area contributed by atoms with Crippen LogP contribution in [0, 0.1) is 0 Å². The fourth-order valence-electron chi connectivity index (χ4n) is 1.63. The lowest BCUT2D eigenvalue weighted by atomic mass is 10.0. The van der Waals surface area contributed by atoms with Gasteiger partial charge >= 0.3 is 6.18 Å². The molecule has 0 aliphatic heterocycles. The van der Waals surface area contributed by atoms with Crippen molar-refractivity contribution in [2.24, 2.45) is 0 Å². The van der Waals surface area contributed by atoms with E-state index in [1.54, 1.807) is 18.3 Å². The van der Waals surface area contributed by atoms with Crippen molar-refractivity contribution in [3.8, 4) is 0 Å². The third-order valence-electron chi connectivity index (χ3n) is 2.63. The maximum Gasteiger partial charge on any atom is 0.416 e. The number of pyridine rings is 1. The summed E-state index contributed by atoms with van der Waals surface area (Å²) in [5.74, 6) is -0.173. The molecule has 1 heterocycles. The molecule has 0 unspecified atom stereocenters. The number of benzene rings is 1. The number of halogens is 3. The van der Waals surface area contributed by atoms with Crippen molar-refractivity contribution in [2.75, 3.05) is 0 Å². The molecule has 1 aromatic carbocycles. The summed E-state index contributed by atoms with van der Waals surface area (Å²) in [6.07, 6.45) is -1.31. The second-order valence-electron chi connectivity index (χ2n) is 4.04. The van der Waals surface area contributed by atoms with Crippen LogP contribution < -0.4 is 0 Å². The van der Waals surface area contributed by atoms with Crippen molar-refractivity contribution in [1.82, 2.24) is 4.98 Å². The summed E-state index contributed by atoms with van der Waals surface area (Å²) in [5, 5.41) is 0. The molecule has 0 fully saturated rings. The zero-order valence-electron chi connectivity index (χ0n) is 9.82. The van der Waals surface area contributed by atoms with Crippen LogP contribution >= 0.6 is 0 Å². The molecule has 0 spiro atoms. The number of hydrogen-bond acceptors (Lipinski definition) is 2. The molecule has 0 aliphatic rings. The summed E-state index contributed by atoms with van der Waals surface area (Å²) in [6, 6.07) is 7.85. The van der Waals surface area contributed by atoms with Crippen molar-refractivity contribution < 1.29 is 18.0 Å². The van der Waals surface area contributed by atoms with Crippen molar-refractivity contribution >= 4 is 5.78 Å². The van der Waals surface area contributed by atoms with Gasteiger partial charge in [-0.2, -0.15) is 13.2 Å². The van der Waals surface area contributed by atoms with Gasteiger partial charge in [-0.25, -0.2) is 0 Å². The molecule has 0 bridgehead atoms. The molecule has 19 heavy (non-hydrogen) atoms. The highest BCUT2D eigenvalue weighted by Gasteiger charge is 2.29. The molecule has 0 saturated heterocycles. The molecule has 98 valence electrons. The topological polar surface area (TPSA) is 30.0 Å². The second kappa shape index (κ2) is 5.22. The zero-order chi connectivity index (χ0) is 13.9. The fourth-order valence-corrected chi connectivity index (χ4v) is 1.63. The third kappa shape index (κ3) is 3.40. The van der Waals surface area contributed by atoms with Crippen LogP contribution in [0.2, 0.25) is 0 Å². The van der Waals surface area contributed by atoms with E-state index in [-0.39, 0.29) is 12.2 Å². The monoisotopic (exact) mass is 265 g/mol. The molecular weight excluding hydrogens is 255 g/mol. The molecule has 0 atom stereocenters. The summed E-state index contributed by atoms with van der Waals surface area (Å²) in [7, 11) is 0. The standard InChI is InChI=1S/C14H10F3NO/c15-14(16,17)12-5-3-10(4-6-12)8-13(19)11-2-1-7-18-9-11/h1-7,9H,8H2. The van der Waals surface area contributed by atoms with E-state index in [0.29, 0.717) is 11.1 Å². The van der Waals surface area contributed by atoms with E-state index in [0.717, 1.165) is 12.1 Å². The molecule has 2 rings (SSSR count). The van der Waals surface area contributed by atoms with Crippen LogP contribution in [0.15, 0.2) is 48.8 Å². The summed E-state index contributed by atoms with van der Waals surface area (Å²) in [5.41, 5.74) is 0.273. The van der Waals surface area contributed by atoms with Gasteiger partial charge in [-0.05, 0) is 29.8 Å². The Morgan fingerprint density at radius 2 is 1.79 bits per heavy atom. The van der Waals surface area contributed by atoms with E-state index in [1.165, 1.54) is 18.3 Å². The van der Waals surface area contributed by atoms with Gasteiger partial charge in [0, 0.05) is 24.4 Å². The normalized spacial score (nSPS) is 11.3. The Morgan fingerprint density at radius 3 is 2.32 bits per heavy atom.